The van der Waals surface area contributed by atoms with Gasteiger partial charge in [0.2, 0.25) is 5.91 Å². The number of hydrogen-bond donors (Lipinski definition) is 3. The summed E-state index contributed by atoms with van der Waals surface area (Å²) in [6, 6.07) is 3.09. The van der Waals surface area contributed by atoms with Crippen molar-refractivity contribution in [1.29, 1.82) is 0 Å². The Morgan fingerprint density at radius 1 is 1.50 bits per heavy atom. The number of aryl methyl sites for hydroxylation is 1. The summed E-state index contributed by atoms with van der Waals surface area (Å²) in [7, 11) is 0. The fourth-order valence-electron chi connectivity index (χ4n) is 2.12. The number of amides is 1. The van der Waals surface area contributed by atoms with Gasteiger partial charge in [-0.25, -0.2) is 0 Å². The molecule has 1 atom stereocenters. The monoisotopic (exact) mass is 279 g/mol. The minimum Gasteiger partial charge on any atom is -0.393 e. The predicted octanol–water partition coefficient (Wildman–Crippen LogP) is 1.66. The van der Waals surface area contributed by atoms with Gasteiger partial charge in [-0.15, -0.1) is 0 Å². The zero-order valence-corrected chi connectivity index (χ0v) is 11.2. The summed E-state index contributed by atoms with van der Waals surface area (Å²) in [5, 5.41) is 26.0. The van der Waals surface area contributed by atoms with Gasteiger partial charge < -0.3 is 15.7 Å². The molecule has 3 N–H and O–H groups in total. The van der Waals surface area contributed by atoms with E-state index >= 15 is 0 Å². The number of carbonyl (C=O) groups excluding carboxylic acids is 1. The van der Waals surface area contributed by atoms with Crippen molar-refractivity contribution in [1.82, 2.24) is 0 Å². The number of carbonyl (C=O) groups is 1. The van der Waals surface area contributed by atoms with Crippen LogP contribution in [0.5, 0.6) is 0 Å². The first-order valence-electron chi connectivity index (χ1n) is 6.50. The van der Waals surface area contributed by atoms with Gasteiger partial charge in [-0.3, -0.25) is 14.9 Å². The SMILES string of the molecule is CC(O)CCNc1cc2c(cc1[N+](=O)[O-])CCC(=O)N2. The summed E-state index contributed by atoms with van der Waals surface area (Å²) in [5.41, 5.74) is 1.74. The van der Waals surface area contributed by atoms with Gasteiger partial charge in [-0.05, 0) is 31.4 Å². The Balaban J connectivity index is 2.26. The van der Waals surface area contributed by atoms with Gasteiger partial charge in [0.1, 0.15) is 5.69 Å². The Labute approximate surface area is 116 Å². The lowest BCUT2D eigenvalue weighted by Crippen LogP contribution is -2.19. The van der Waals surface area contributed by atoms with Crippen LogP contribution >= 0.6 is 0 Å². The lowest BCUT2D eigenvalue weighted by Gasteiger charge is -2.18. The Hall–Kier alpha value is -2.15. The van der Waals surface area contributed by atoms with Gasteiger partial charge in [0.05, 0.1) is 11.0 Å². The lowest BCUT2D eigenvalue weighted by atomic mass is 10.0. The topological polar surface area (TPSA) is 104 Å². The van der Waals surface area contributed by atoms with Crippen LogP contribution in [0.3, 0.4) is 0 Å². The second kappa shape index (κ2) is 5.87. The molecule has 0 spiro atoms. The third kappa shape index (κ3) is 3.24. The first-order chi connectivity index (χ1) is 9.47. The van der Waals surface area contributed by atoms with Gasteiger partial charge in [-0.2, -0.15) is 0 Å². The standard InChI is InChI=1S/C13H17N3O4/c1-8(17)4-5-14-11-7-10-9(2-3-13(18)15-10)6-12(11)16(19)20/h6-8,14,17H,2-5H2,1H3,(H,15,18). The number of nitrogens with zero attached hydrogens (tertiary/aromatic N) is 1. The maximum Gasteiger partial charge on any atom is 0.292 e. The molecule has 0 saturated heterocycles. The van der Waals surface area contributed by atoms with Gasteiger partial charge in [0.25, 0.3) is 5.69 Å². The summed E-state index contributed by atoms with van der Waals surface area (Å²) in [6.07, 6.45) is 0.870. The molecule has 0 aromatic heterocycles. The average Bonchev–Trinajstić information content (AvgIpc) is 2.37. The van der Waals surface area contributed by atoms with Crippen molar-refractivity contribution < 1.29 is 14.8 Å². The van der Waals surface area contributed by atoms with Crippen molar-refractivity contribution in [2.24, 2.45) is 0 Å². The van der Waals surface area contributed by atoms with Crippen LogP contribution in [0.25, 0.3) is 0 Å². The molecule has 0 saturated carbocycles. The summed E-state index contributed by atoms with van der Waals surface area (Å²) < 4.78 is 0. The number of aliphatic hydroxyl groups excluding tert-OH is 1. The molecule has 1 aliphatic heterocycles. The van der Waals surface area contributed by atoms with Crippen molar-refractivity contribution in [2.45, 2.75) is 32.3 Å². The summed E-state index contributed by atoms with van der Waals surface area (Å²) in [6.45, 7) is 2.08. The van der Waals surface area contributed by atoms with Crippen LogP contribution in [0.1, 0.15) is 25.3 Å². The number of nitrogens with one attached hydrogen (secondary N) is 2. The molecule has 2 rings (SSSR count). The third-order valence-electron chi connectivity index (χ3n) is 3.19. The van der Waals surface area contributed by atoms with Crippen molar-refractivity contribution in [2.75, 3.05) is 17.2 Å². The highest BCUT2D eigenvalue weighted by Gasteiger charge is 2.22. The van der Waals surface area contributed by atoms with E-state index in [4.69, 9.17) is 0 Å². The normalized spacial score (nSPS) is 15.2. The Morgan fingerprint density at radius 3 is 2.90 bits per heavy atom. The molecular weight excluding hydrogens is 262 g/mol. The van der Waals surface area contributed by atoms with Crippen LogP contribution in [0.2, 0.25) is 0 Å². The lowest BCUT2D eigenvalue weighted by molar-refractivity contribution is -0.384. The molecular formula is C13H17N3O4. The minimum atomic E-state index is -0.473. The van der Waals surface area contributed by atoms with Crippen LogP contribution in [-0.2, 0) is 11.2 Å². The first-order valence-corrected chi connectivity index (χ1v) is 6.50. The molecule has 0 fully saturated rings. The van der Waals surface area contributed by atoms with Crippen LogP contribution in [-0.4, -0.2) is 28.6 Å². The fourth-order valence-corrected chi connectivity index (χ4v) is 2.12. The van der Waals surface area contributed by atoms with Crippen LogP contribution < -0.4 is 10.6 Å². The van der Waals surface area contributed by atoms with E-state index in [1.807, 2.05) is 0 Å². The quantitative estimate of drug-likeness (QED) is 0.561. The zero-order chi connectivity index (χ0) is 14.7. The molecule has 1 aromatic rings. The first kappa shape index (κ1) is 14.3. The van der Waals surface area contributed by atoms with Gasteiger partial charge in [0.15, 0.2) is 0 Å². The number of nitro benzene ring substituents is 1. The molecule has 0 aliphatic carbocycles. The summed E-state index contributed by atoms with van der Waals surface area (Å²) in [5.74, 6) is -0.0821. The summed E-state index contributed by atoms with van der Waals surface area (Å²) in [4.78, 5) is 22.0. The third-order valence-corrected chi connectivity index (χ3v) is 3.19. The molecule has 0 bridgehead atoms. The highest BCUT2D eigenvalue weighted by atomic mass is 16.6. The zero-order valence-electron chi connectivity index (χ0n) is 11.2. The van der Waals surface area contributed by atoms with E-state index in [2.05, 4.69) is 10.6 Å². The number of aliphatic hydroxyl groups is 1. The molecule has 1 aromatic carbocycles. The van der Waals surface area contributed by atoms with E-state index in [9.17, 15) is 20.0 Å². The molecule has 1 amide bonds. The van der Waals surface area contributed by atoms with Gasteiger partial charge in [-0.1, -0.05) is 0 Å². The molecule has 1 aliphatic rings. The highest BCUT2D eigenvalue weighted by molar-refractivity contribution is 5.95. The second-order valence-corrected chi connectivity index (χ2v) is 4.90. The molecule has 7 nitrogen and oxygen atoms in total. The van der Waals surface area contributed by atoms with Crippen LogP contribution in [0.4, 0.5) is 17.1 Å². The van der Waals surface area contributed by atoms with E-state index < -0.39 is 11.0 Å². The maximum absolute atomic E-state index is 11.4. The fraction of sp³-hybridized carbons (Fsp3) is 0.462. The largest absolute Gasteiger partial charge is 0.393 e. The molecule has 1 heterocycles. The van der Waals surface area contributed by atoms with E-state index in [0.29, 0.717) is 37.2 Å². The van der Waals surface area contributed by atoms with Crippen molar-refractivity contribution in [3.8, 4) is 0 Å². The number of fused-ring (bicyclic) bond motifs is 1. The van der Waals surface area contributed by atoms with E-state index in [1.165, 1.54) is 6.07 Å². The van der Waals surface area contributed by atoms with Gasteiger partial charge in [0, 0.05) is 24.7 Å². The number of nitro groups is 1. The van der Waals surface area contributed by atoms with E-state index in [-0.39, 0.29) is 11.6 Å². The average molecular weight is 279 g/mol. The van der Waals surface area contributed by atoms with Crippen LogP contribution in [0.15, 0.2) is 12.1 Å². The Kier molecular flexibility index (Phi) is 4.19. The Bertz CT molecular complexity index is 543. The minimum absolute atomic E-state index is 0.00880. The van der Waals surface area contributed by atoms with Crippen molar-refractivity contribution in [3.05, 3.63) is 27.8 Å². The predicted molar refractivity (Wildman–Crippen MR) is 74.8 cm³/mol. The second-order valence-electron chi connectivity index (χ2n) is 4.90. The number of rotatable bonds is 5. The van der Waals surface area contributed by atoms with E-state index in [0.717, 1.165) is 5.56 Å². The molecule has 7 heteroatoms. The molecule has 1 unspecified atom stereocenters. The van der Waals surface area contributed by atoms with Gasteiger partial charge >= 0.3 is 0 Å². The van der Waals surface area contributed by atoms with Crippen LogP contribution in [0, 0.1) is 10.1 Å². The van der Waals surface area contributed by atoms with Crippen molar-refractivity contribution in [3.63, 3.8) is 0 Å². The smallest absolute Gasteiger partial charge is 0.292 e. The molecule has 108 valence electrons. The Morgan fingerprint density at radius 2 is 2.25 bits per heavy atom. The summed E-state index contributed by atoms with van der Waals surface area (Å²) >= 11 is 0. The maximum atomic E-state index is 11.4. The number of anilines is 2. The molecule has 0 radical (unpaired) electrons. The molecule has 20 heavy (non-hydrogen) atoms. The highest BCUT2D eigenvalue weighted by Crippen LogP contribution is 2.34. The van der Waals surface area contributed by atoms with E-state index in [1.54, 1.807) is 13.0 Å². The number of benzene rings is 1. The number of hydrogen-bond acceptors (Lipinski definition) is 5. The van der Waals surface area contributed by atoms with Crippen molar-refractivity contribution >= 4 is 23.0 Å².